The largest absolute Gasteiger partial charge is 0.361 e. The van der Waals surface area contributed by atoms with Crippen molar-refractivity contribution >= 4 is 17.5 Å². The lowest BCUT2D eigenvalue weighted by Gasteiger charge is -2.22. The molecule has 0 saturated carbocycles. The number of fused-ring (bicyclic) bond motifs is 1. The molecule has 1 aliphatic heterocycles. The van der Waals surface area contributed by atoms with E-state index in [0.717, 1.165) is 11.3 Å². The van der Waals surface area contributed by atoms with Gasteiger partial charge in [-0.15, -0.1) is 10.2 Å². The molecular weight excluding hydrogens is 279 g/mol. The van der Waals surface area contributed by atoms with E-state index < -0.39 is 0 Å². The summed E-state index contributed by atoms with van der Waals surface area (Å²) in [5.41, 5.74) is 1.31. The van der Waals surface area contributed by atoms with Gasteiger partial charge in [0.15, 0.2) is 11.3 Å². The lowest BCUT2D eigenvalue weighted by molar-refractivity contribution is 0.163. The third-order valence-corrected chi connectivity index (χ3v) is 3.91. The molecular formula is C13H13FN4OS. The van der Waals surface area contributed by atoms with Crippen LogP contribution >= 0.6 is 11.8 Å². The summed E-state index contributed by atoms with van der Waals surface area (Å²) in [6.45, 7) is 4.32. The van der Waals surface area contributed by atoms with Crippen molar-refractivity contribution in [1.82, 2.24) is 14.9 Å². The molecule has 0 spiro atoms. The molecule has 2 aromatic rings. The molecule has 1 aliphatic rings. The van der Waals surface area contributed by atoms with Gasteiger partial charge in [0.05, 0.1) is 0 Å². The molecule has 1 atom stereocenters. The first-order valence-corrected chi connectivity index (χ1v) is 7.12. The molecule has 2 heterocycles. The topological polar surface area (TPSA) is 52.3 Å². The number of nitrogens with zero attached hydrogens (tertiary/aromatic N) is 4. The molecule has 20 heavy (non-hydrogen) atoms. The van der Waals surface area contributed by atoms with Crippen LogP contribution < -0.4 is 0 Å². The Morgan fingerprint density at radius 1 is 1.30 bits per heavy atom. The fourth-order valence-electron chi connectivity index (χ4n) is 1.91. The maximum atomic E-state index is 13.1. The van der Waals surface area contributed by atoms with Gasteiger partial charge in [-0.1, -0.05) is 12.1 Å². The minimum absolute atomic E-state index is 0.262. The fraction of sp³-hybridized carbons (Fsp3) is 0.308. The van der Waals surface area contributed by atoms with Crippen molar-refractivity contribution in [2.24, 2.45) is 5.10 Å². The zero-order valence-corrected chi connectivity index (χ0v) is 11.9. The van der Waals surface area contributed by atoms with Crippen LogP contribution in [0.3, 0.4) is 0 Å². The van der Waals surface area contributed by atoms with E-state index >= 15 is 0 Å². The molecule has 3 rings (SSSR count). The minimum Gasteiger partial charge on any atom is -0.361 e. The smallest absolute Gasteiger partial charge is 0.214 e. The van der Waals surface area contributed by atoms with Gasteiger partial charge >= 0.3 is 0 Å². The standard InChI is InChI=1S/C13H13FN4OS/c1-3-19-12-11(9-4-6-10(14)7-5-9)17-18-8(2)15-16-13(18)20-12/h4-7,12H,3H2,1-2H3/t12-/m1/s1. The maximum absolute atomic E-state index is 13.1. The van der Waals surface area contributed by atoms with E-state index in [9.17, 15) is 4.39 Å². The van der Waals surface area contributed by atoms with Gasteiger partial charge in [-0.05, 0) is 37.7 Å². The highest BCUT2D eigenvalue weighted by molar-refractivity contribution is 8.00. The van der Waals surface area contributed by atoms with E-state index in [-0.39, 0.29) is 11.3 Å². The Hall–Kier alpha value is -1.73. The van der Waals surface area contributed by atoms with E-state index in [1.165, 1.54) is 23.9 Å². The van der Waals surface area contributed by atoms with Crippen LogP contribution in [0.4, 0.5) is 4.39 Å². The average molecular weight is 292 g/mol. The summed E-state index contributed by atoms with van der Waals surface area (Å²) >= 11 is 1.45. The second-order valence-corrected chi connectivity index (χ2v) is 5.27. The number of halogens is 1. The van der Waals surface area contributed by atoms with Gasteiger partial charge < -0.3 is 4.74 Å². The summed E-state index contributed by atoms with van der Waals surface area (Å²) in [4.78, 5) is 0. The first-order valence-electron chi connectivity index (χ1n) is 6.24. The number of aromatic nitrogens is 3. The molecule has 0 aliphatic carbocycles. The van der Waals surface area contributed by atoms with Gasteiger partial charge in [0.2, 0.25) is 5.16 Å². The van der Waals surface area contributed by atoms with Gasteiger partial charge in [0.1, 0.15) is 11.5 Å². The van der Waals surface area contributed by atoms with E-state index in [4.69, 9.17) is 4.74 Å². The maximum Gasteiger partial charge on any atom is 0.214 e. The van der Waals surface area contributed by atoms with Gasteiger partial charge in [0.25, 0.3) is 0 Å². The Morgan fingerprint density at radius 2 is 2.05 bits per heavy atom. The van der Waals surface area contributed by atoms with Crippen LogP contribution in [0, 0.1) is 12.7 Å². The highest BCUT2D eigenvalue weighted by atomic mass is 32.2. The molecule has 7 heteroatoms. The van der Waals surface area contributed by atoms with Crippen molar-refractivity contribution in [2.45, 2.75) is 24.4 Å². The average Bonchev–Trinajstić information content (AvgIpc) is 2.80. The van der Waals surface area contributed by atoms with Gasteiger partial charge in [-0.25, -0.2) is 4.39 Å². The zero-order valence-electron chi connectivity index (χ0n) is 11.1. The van der Waals surface area contributed by atoms with Gasteiger partial charge in [-0.2, -0.15) is 9.78 Å². The lowest BCUT2D eigenvalue weighted by atomic mass is 10.1. The second-order valence-electron chi connectivity index (χ2n) is 4.24. The first kappa shape index (κ1) is 13.3. The summed E-state index contributed by atoms with van der Waals surface area (Å²) in [5.74, 6) is 0.439. The summed E-state index contributed by atoms with van der Waals surface area (Å²) in [7, 11) is 0. The van der Waals surface area contributed by atoms with Crippen LogP contribution in [-0.4, -0.2) is 32.6 Å². The Labute approximate surface area is 119 Å². The van der Waals surface area contributed by atoms with Crippen LogP contribution in [-0.2, 0) is 4.74 Å². The monoisotopic (exact) mass is 292 g/mol. The Balaban J connectivity index is 2.06. The predicted molar refractivity (Wildman–Crippen MR) is 74.4 cm³/mol. The third kappa shape index (κ3) is 2.34. The first-order chi connectivity index (χ1) is 9.69. The van der Waals surface area contributed by atoms with Crippen LogP contribution in [0.1, 0.15) is 18.3 Å². The Bertz CT molecular complexity index is 653. The van der Waals surface area contributed by atoms with Crippen molar-refractivity contribution in [3.63, 3.8) is 0 Å². The molecule has 1 aromatic heterocycles. The molecule has 0 saturated heterocycles. The number of benzene rings is 1. The SMILES string of the molecule is CCO[C@@H]1Sc2nnc(C)n2N=C1c1ccc(F)cc1. The molecule has 0 N–H and O–H groups in total. The zero-order chi connectivity index (χ0) is 14.1. The summed E-state index contributed by atoms with van der Waals surface area (Å²) in [5, 5.41) is 13.3. The number of rotatable bonds is 3. The summed E-state index contributed by atoms with van der Waals surface area (Å²) < 4.78 is 20.4. The third-order valence-electron chi connectivity index (χ3n) is 2.87. The Morgan fingerprint density at radius 3 is 2.75 bits per heavy atom. The normalized spacial score (nSPS) is 17.8. The second kappa shape index (κ2) is 5.34. The number of ether oxygens (including phenoxy) is 1. The number of thioether (sulfide) groups is 1. The van der Waals surface area contributed by atoms with E-state index in [2.05, 4.69) is 15.3 Å². The molecule has 104 valence electrons. The molecule has 0 unspecified atom stereocenters. The molecule has 0 bridgehead atoms. The highest BCUT2D eigenvalue weighted by Crippen LogP contribution is 2.30. The van der Waals surface area contributed by atoms with E-state index in [0.29, 0.717) is 17.6 Å². The summed E-state index contributed by atoms with van der Waals surface area (Å²) in [6.07, 6.45) is 0. The molecule has 1 aromatic carbocycles. The number of aryl methyl sites for hydroxylation is 1. The van der Waals surface area contributed by atoms with Gasteiger partial charge in [0, 0.05) is 12.2 Å². The molecule has 5 nitrogen and oxygen atoms in total. The van der Waals surface area contributed by atoms with Crippen molar-refractivity contribution in [3.05, 3.63) is 41.5 Å². The van der Waals surface area contributed by atoms with Crippen molar-refractivity contribution in [2.75, 3.05) is 6.61 Å². The van der Waals surface area contributed by atoms with Crippen LogP contribution in [0.5, 0.6) is 0 Å². The predicted octanol–water partition coefficient (Wildman–Crippen LogP) is 2.45. The lowest BCUT2D eigenvalue weighted by Crippen LogP contribution is -2.27. The highest BCUT2D eigenvalue weighted by Gasteiger charge is 2.28. The van der Waals surface area contributed by atoms with E-state index in [1.807, 2.05) is 13.8 Å². The van der Waals surface area contributed by atoms with Gasteiger partial charge in [-0.3, -0.25) is 0 Å². The van der Waals surface area contributed by atoms with Crippen LogP contribution in [0.15, 0.2) is 34.5 Å². The number of hydrogen-bond donors (Lipinski definition) is 0. The van der Waals surface area contributed by atoms with Crippen LogP contribution in [0.2, 0.25) is 0 Å². The fourth-order valence-corrected chi connectivity index (χ4v) is 2.96. The number of hydrogen-bond acceptors (Lipinski definition) is 5. The van der Waals surface area contributed by atoms with Crippen molar-refractivity contribution < 1.29 is 9.13 Å². The minimum atomic E-state index is -0.271. The van der Waals surface area contributed by atoms with E-state index in [1.54, 1.807) is 16.8 Å². The molecule has 0 radical (unpaired) electrons. The van der Waals surface area contributed by atoms with Crippen molar-refractivity contribution in [1.29, 1.82) is 0 Å². The quantitative estimate of drug-likeness (QED) is 0.872. The summed E-state index contributed by atoms with van der Waals surface area (Å²) in [6, 6.07) is 6.23. The molecule has 0 fully saturated rings. The Kier molecular flexibility index (Phi) is 3.54. The van der Waals surface area contributed by atoms with Crippen molar-refractivity contribution in [3.8, 4) is 0 Å². The molecule has 0 amide bonds. The van der Waals surface area contributed by atoms with Crippen LogP contribution in [0.25, 0.3) is 0 Å².